The van der Waals surface area contributed by atoms with E-state index in [1.54, 1.807) is 7.11 Å². The minimum atomic E-state index is -0.0648. The molecule has 1 aliphatic rings. The van der Waals surface area contributed by atoms with Crippen molar-refractivity contribution in [2.45, 2.75) is 38.8 Å². The summed E-state index contributed by atoms with van der Waals surface area (Å²) >= 11 is 0. The fraction of sp³-hybridized carbons (Fsp3) is 0.400. The first-order valence-corrected chi connectivity index (χ1v) is 8.97. The van der Waals surface area contributed by atoms with E-state index in [0.717, 1.165) is 40.1 Å². The van der Waals surface area contributed by atoms with Gasteiger partial charge >= 0.3 is 0 Å². The molecule has 136 valence electrons. The van der Waals surface area contributed by atoms with Crippen molar-refractivity contribution in [3.63, 3.8) is 0 Å². The molecule has 1 amide bonds. The molecular formula is C20H24N4O2. The molecule has 0 spiro atoms. The minimum absolute atomic E-state index is 0.0395. The van der Waals surface area contributed by atoms with Gasteiger partial charge in [-0.05, 0) is 25.5 Å². The van der Waals surface area contributed by atoms with Crippen LogP contribution in [0.25, 0.3) is 10.9 Å². The molecular weight excluding hydrogens is 328 g/mol. The van der Waals surface area contributed by atoms with Crippen LogP contribution in [0.4, 0.5) is 0 Å². The third kappa shape index (κ3) is 2.90. The number of amides is 1. The zero-order valence-corrected chi connectivity index (χ0v) is 15.4. The van der Waals surface area contributed by atoms with Crippen LogP contribution in [0.1, 0.15) is 35.2 Å². The maximum absolute atomic E-state index is 13.1. The van der Waals surface area contributed by atoms with Gasteiger partial charge in [0.15, 0.2) is 0 Å². The average molecular weight is 352 g/mol. The average Bonchev–Trinajstić information content (AvgIpc) is 3.33. The van der Waals surface area contributed by atoms with Crippen molar-refractivity contribution in [3.05, 3.63) is 53.2 Å². The van der Waals surface area contributed by atoms with Gasteiger partial charge < -0.3 is 19.6 Å². The SMILES string of the molecule is CO[C@@H]1C[C@@H](c2nc(C)c(C)[nH]2)N(C(=O)Cc2c[nH]c3ccccc23)C1. The molecule has 6 heteroatoms. The zero-order chi connectivity index (χ0) is 18.3. The lowest BCUT2D eigenvalue weighted by atomic mass is 10.1. The number of H-pyrrole nitrogens is 2. The van der Waals surface area contributed by atoms with E-state index in [9.17, 15) is 4.79 Å². The number of methoxy groups -OCH3 is 1. The van der Waals surface area contributed by atoms with Crippen LogP contribution < -0.4 is 0 Å². The maximum Gasteiger partial charge on any atom is 0.227 e. The number of ether oxygens (including phenoxy) is 1. The second kappa shape index (κ2) is 6.61. The number of aryl methyl sites for hydroxylation is 2. The van der Waals surface area contributed by atoms with Crippen LogP contribution >= 0.6 is 0 Å². The van der Waals surface area contributed by atoms with Crippen LogP contribution in [0, 0.1) is 13.8 Å². The third-order valence-corrected chi connectivity index (χ3v) is 5.40. The number of nitrogens with zero attached hydrogens (tertiary/aromatic N) is 2. The summed E-state index contributed by atoms with van der Waals surface area (Å²) in [6.07, 6.45) is 3.11. The van der Waals surface area contributed by atoms with Gasteiger partial charge in [-0.25, -0.2) is 4.98 Å². The lowest BCUT2D eigenvalue weighted by Crippen LogP contribution is -2.33. The van der Waals surface area contributed by atoms with E-state index in [2.05, 4.69) is 15.0 Å². The van der Waals surface area contributed by atoms with E-state index in [4.69, 9.17) is 4.74 Å². The fourth-order valence-corrected chi connectivity index (χ4v) is 3.78. The molecule has 6 nitrogen and oxygen atoms in total. The number of benzene rings is 1. The largest absolute Gasteiger partial charge is 0.380 e. The number of imidazole rings is 1. The Bertz CT molecular complexity index is 923. The number of hydrogen-bond acceptors (Lipinski definition) is 3. The van der Waals surface area contributed by atoms with E-state index in [0.29, 0.717) is 13.0 Å². The Morgan fingerprint density at radius 3 is 2.88 bits per heavy atom. The highest BCUT2D eigenvalue weighted by molar-refractivity contribution is 5.89. The maximum atomic E-state index is 13.1. The Kier molecular flexibility index (Phi) is 4.28. The topological polar surface area (TPSA) is 74.0 Å². The van der Waals surface area contributed by atoms with Crippen molar-refractivity contribution in [2.75, 3.05) is 13.7 Å². The molecule has 1 aromatic carbocycles. The van der Waals surface area contributed by atoms with Crippen LogP contribution in [0.3, 0.4) is 0 Å². The van der Waals surface area contributed by atoms with Gasteiger partial charge in [-0.3, -0.25) is 4.79 Å². The van der Waals surface area contributed by atoms with Crippen LogP contribution in [0.5, 0.6) is 0 Å². The number of fused-ring (bicyclic) bond motifs is 1. The Morgan fingerprint density at radius 2 is 2.15 bits per heavy atom. The first-order chi connectivity index (χ1) is 12.6. The Morgan fingerprint density at radius 1 is 1.35 bits per heavy atom. The number of carbonyl (C=O) groups is 1. The molecule has 1 saturated heterocycles. The molecule has 3 heterocycles. The van der Waals surface area contributed by atoms with E-state index in [1.165, 1.54) is 0 Å². The van der Waals surface area contributed by atoms with E-state index in [-0.39, 0.29) is 18.1 Å². The molecule has 4 rings (SSSR count). The third-order valence-electron chi connectivity index (χ3n) is 5.40. The quantitative estimate of drug-likeness (QED) is 0.758. The Labute approximate surface area is 152 Å². The van der Waals surface area contributed by atoms with Gasteiger partial charge in [-0.2, -0.15) is 0 Å². The molecule has 1 fully saturated rings. The Hall–Kier alpha value is -2.60. The molecule has 0 aliphatic carbocycles. The van der Waals surface area contributed by atoms with Crippen molar-refractivity contribution < 1.29 is 9.53 Å². The van der Waals surface area contributed by atoms with Crippen LogP contribution in [0.15, 0.2) is 30.5 Å². The molecule has 2 atom stereocenters. The highest BCUT2D eigenvalue weighted by Gasteiger charge is 2.38. The summed E-state index contributed by atoms with van der Waals surface area (Å²) in [6.45, 7) is 4.59. The molecule has 0 radical (unpaired) electrons. The van der Waals surface area contributed by atoms with Gasteiger partial charge in [0, 0.05) is 42.9 Å². The second-order valence-electron chi connectivity index (χ2n) is 7.02. The molecule has 26 heavy (non-hydrogen) atoms. The summed E-state index contributed by atoms with van der Waals surface area (Å²) in [5.41, 5.74) is 4.10. The molecule has 0 saturated carbocycles. The summed E-state index contributed by atoms with van der Waals surface area (Å²) in [5, 5.41) is 1.10. The van der Waals surface area contributed by atoms with Crippen LogP contribution in [0.2, 0.25) is 0 Å². The molecule has 3 aromatic rings. The summed E-state index contributed by atoms with van der Waals surface area (Å²) in [4.78, 5) is 26.2. The van der Waals surface area contributed by atoms with Gasteiger partial charge in [-0.1, -0.05) is 18.2 Å². The number of carbonyl (C=O) groups excluding carboxylic acids is 1. The van der Waals surface area contributed by atoms with Crippen molar-refractivity contribution >= 4 is 16.8 Å². The van der Waals surface area contributed by atoms with Gasteiger partial charge in [-0.15, -0.1) is 0 Å². The van der Waals surface area contributed by atoms with Crippen molar-refractivity contribution in [2.24, 2.45) is 0 Å². The minimum Gasteiger partial charge on any atom is -0.380 e. The molecule has 1 aliphatic heterocycles. The monoisotopic (exact) mass is 352 g/mol. The number of likely N-dealkylation sites (tertiary alicyclic amines) is 1. The predicted molar refractivity (Wildman–Crippen MR) is 99.9 cm³/mol. The number of aromatic amines is 2. The van der Waals surface area contributed by atoms with E-state index < -0.39 is 0 Å². The first kappa shape index (κ1) is 16.8. The summed E-state index contributed by atoms with van der Waals surface area (Å²) in [7, 11) is 1.70. The summed E-state index contributed by atoms with van der Waals surface area (Å²) < 4.78 is 5.54. The molecule has 0 unspecified atom stereocenters. The first-order valence-electron chi connectivity index (χ1n) is 8.97. The van der Waals surface area contributed by atoms with E-state index >= 15 is 0 Å². The Balaban J connectivity index is 1.60. The molecule has 2 aromatic heterocycles. The van der Waals surface area contributed by atoms with Gasteiger partial charge in [0.25, 0.3) is 0 Å². The highest BCUT2D eigenvalue weighted by Crippen LogP contribution is 2.33. The van der Waals surface area contributed by atoms with Crippen molar-refractivity contribution in [3.8, 4) is 0 Å². The smallest absolute Gasteiger partial charge is 0.227 e. The number of nitrogens with one attached hydrogen (secondary N) is 2. The lowest BCUT2D eigenvalue weighted by molar-refractivity contribution is -0.131. The lowest BCUT2D eigenvalue weighted by Gasteiger charge is -2.23. The fourth-order valence-electron chi connectivity index (χ4n) is 3.78. The highest BCUT2D eigenvalue weighted by atomic mass is 16.5. The standard InChI is InChI=1S/C20H24N4O2/c1-12-13(2)23-20(22-12)18-9-15(26-3)11-24(18)19(25)8-14-10-21-17-7-5-4-6-16(14)17/h4-7,10,15,18,21H,8-9,11H2,1-3H3,(H,22,23)/t15-,18+/m1/s1. The van der Waals surface area contributed by atoms with Crippen LogP contribution in [-0.2, 0) is 16.0 Å². The summed E-state index contributed by atoms with van der Waals surface area (Å²) in [5.74, 6) is 0.956. The zero-order valence-electron chi connectivity index (χ0n) is 15.4. The number of aromatic nitrogens is 3. The van der Waals surface area contributed by atoms with Crippen molar-refractivity contribution in [1.29, 1.82) is 0 Å². The van der Waals surface area contributed by atoms with Crippen LogP contribution in [-0.4, -0.2) is 45.5 Å². The van der Waals surface area contributed by atoms with E-state index in [1.807, 2.05) is 49.2 Å². The molecule has 2 N–H and O–H groups in total. The number of hydrogen-bond donors (Lipinski definition) is 2. The van der Waals surface area contributed by atoms with Crippen molar-refractivity contribution in [1.82, 2.24) is 19.9 Å². The molecule has 0 bridgehead atoms. The number of para-hydroxylation sites is 1. The van der Waals surface area contributed by atoms with Gasteiger partial charge in [0.05, 0.1) is 24.3 Å². The van der Waals surface area contributed by atoms with Gasteiger partial charge in [0.1, 0.15) is 5.82 Å². The normalized spacial score (nSPS) is 20.2. The predicted octanol–water partition coefficient (Wildman–Crippen LogP) is 3.04. The second-order valence-corrected chi connectivity index (χ2v) is 7.02. The number of rotatable bonds is 4. The summed E-state index contributed by atoms with van der Waals surface area (Å²) in [6, 6.07) is 8.00. The van der Waals surface area contributed by atoms with Gasteiger partial charge in [0.2, 0.25) is 5.91 Å².